The average molecular weight is 196 g/mol. The monoisotopic (exact) mass is 196 g/mol. The highest BCUT2D eigenvalue weighted by molar-refractivity contribution is 7.15. The van der Waals surface area contributed by atoms with Gasteiger partial charge in [-0.1, -0.05) is 12.8 Å². The van der Waals surface area contributed by atoms with Gasteiger partial charge in [0.15, 0.2) is 5.13 Å². The summed E-state index contributed by atoms with van der Waals surface area (Å²) < 4.78 is 0. The lowest BCUT2D eigenvalue weighted by Gasteiger charge is -2.08. The Hall–Kier alpha value is -0.570. The second-order valence-electron chi connectivity index (χ2n) is 3.81. The molecular formula is C10H16N2S. The van der Waals surface area contributed by atoms with Gasteiger partial charge in [0, 0.05) is 17.6 Å². The predicted molar refractivity (Wildman–Crippen MR) is 57.3 cm³/mol. The Labute approximate surface area is 83.4 Å². The molecule has 1 heterocycles. The molecule has 0 unspecified atom stereocenters. The number of rotatable bonds is 3. The molecule has 1 aliphatic rings. The van der Waals surface area contributed by atoms with Crippen LogP contribution in [0.1, 0.15) is 30.6 Å². The summed E-state index contributed by atoms with van der Waals surface area (Å²) in [6.45, 7) is 3.21. The quantitative estimate of drug-likeness (QED) is 0.803. The summed E-state index contributed by atoms with van der Waals surface area (Å²) in [5.41, 5.74) is 0. The van der Waals surface area contributed by atoms with Gasteiger partial charge in [-0.25, -0.2) is 4.98 Å². The topological polar surface area (TPSA) is 24.9 Å². The molecule has 2 rings (SSSR count). The Morgan fingerprint density at radius 3 is 2.92 bits per heavy atom. The molecule has 2 nitrogen and oxygen atoms in total. The molecule has 0 bridgehead atoms. The van der Waals surface area contributed by atoms with E-state index >= 15 is 0 Å². The lowest BCUT2D eigenvalue weighted by atomic mass is 10.1. The first-order chi connectivity index (χ1) is 6.34. The molecule has 1 N–H and O–H groups in total. The minimum atomic E-state index is 0.893. The summed E-state index contributed by atoms with van der Waals surface area (Å²) in [5, 5.41) is 4.50. The highest BCUT2D eigenvalue weighted by atomic mass is 32.1. The van der Waals surface area contributed by atoms with E-state index in [1.807, 2.05) is 6.20 Å². The second kappa shape index (κ2) is 4.09. The zero-order valence-corrected chi connectivity index (χ0v) is 8.86. The maximum Gasteiger partial charge on any atom is 0.182 e. The van der Waals surface area contributed by atoms with Gasteiger partial charge in [0.25, 0.3) is 0 Å². The van der Waals surface area contributed by atoms with Crippen LogP contribution in [0.3, 0.4) is 0 Å². The van der Waals surface area contributed by atoms with Gasteiger partial charge < -0.3 is 5.32 Å². The molecule has 0 amide bonds. The van der Waals surface area contributed by atoms with Crippen LogP contribution in [0, 0.1) is 12.8 Å². The van der Waals surface area contributed by atoms with Gasteiger partial charge in [-0.2, -0.15) is 0 Å². The van der Waals surface area contributed by atoms with E-state index in [2.05, 4.69) is 17.2 Å². The predicted octanol–water partition coefficient (Wildman–Crippen LogP) is 3.05. The number of anilines is 1. The number of nitrogens with zero attached hydrogens (tertiary/aromatic N) is 1. The van der Waals surface area contributed by atoms with Crippen molar-refractivity contribution in [3.63, 3.8) is 0 Å². The fourth-order valence-corrected chi connectivity index (χ4v) is 2.55. The molecule has 72 valence electrons. The van der Waals surface area contributed by atoms with Crippen LogP contribution in [0.2, 0.25) is 0 Å². The third-order valence-corrected chi connectivity index (χ3v) is 3.51. The SMILES string of the molecule is Cc1cnc(NCC2CCCC2)s1. The van der Waals surface area contributed by atoms with Crippen molar-refractivity contribution in [3.8, 4) is 0 Å². The van der Waals surface area contributed by atoms with Crippen molar-refractivity contribution in [2.45, 2.75) is 32.6 Å². The summed E-state index contributed by atoms with van der Waals surface area (Å²) in [6.07, 6.45) is 7.57. The van der Waals surface area contributed by atoms with Crippen LogP contribution < -0.4 is 5.32 Å². The van der Waals surface area contributed by atoms with Gasteiger partial charge in [-0.05, 0) is 25.7 Å². The van der Waals surface area contributed by atoms with Crippen LogP contribution in [0.25, 0.3) is 0 Å². The largest absolute Gasteiger partial charge is 0.361 e. The highest BCUT2D eigenvalue weighted by Gasteiger charge is 2.14. The van der Waals surface area contributed by atoms with Crippen molar-refractivity contribution in [3.05, 3.63) is 11.1 Å². The van der Waals surface area contributed by atoms with E-state index in [4.69, 9.17) is 0 Å². The minimum absolute atomic E-state index is 0.893. The number of hydrogen-bond donors (Lipinski definition) is 1. The van der Waals surface area contributed by atoms with Crippen LogP contribution in [0.15, 0.2) is 6.20 Å². The first kappa shape index (κ1) is 9.00. The number of aryl methyl sites for hydroxylation is 1. The molecule has 0 atom stereocenters. The maximum atomic E-state index is 4.28. The normalized spacial score (nSPS) is 17.9. The highest BCUT2D eigenvalue weighted by Crippen LogP contribution is 2.25. The lowest BCUT2D eigenvalue weighted by Crippen LogP contribution is -2.10. The van der Waals surface area contributed by atoms with Crippen LogP contribution in [0.4, 0.5) is 5.13 Å². The van der Waals surface area contributed by atoms with Crippen molar-refractivity contribution in [2.24, 2.45) is 5.92 Å². The number of hydrogen-bond acceptors (Lipinski definition) is 3. The molecule has 1 fully saturated rings. The molecule has 0 radical (unpaired) electrons. The zero-order valence-electron chi connectivity index (χ0n) is 8.05. The molecular weight excluding hydrogens is 180 g/mol. The summed E-state index contributed by atoms with van der Waals surface area (Å²) in [6, 6.07) is 0. The molecule has 1 aromatic heterocycles. The van der Waals surface area contributed by atoms with Gasteiger partial charge in [-0.3, -0.25) is 0 Å². The second-order valence-corrected chi connectivity index (χ2v) is 5.04. The van der Waals surface area contributed by atoms with E-state index in [-0.39, 0.29) is 0 Å². The number of thiazole rings is 1. The Kier molecular flexibility index (Phi) is 2.83. The van der Waals surface area contributed by atoms with E-state index in [1.165, 1.54) is 30.6 Å². The summed E-state index contributed by atoms with van der Waals surface area (Å²) >= 11 is 1.75. The van der Waals surface area contributed by atoms with E-state index in [0.717, 1.165) is 17.6 Å². The summed E-state index contributed by atoms with van der Waals surface area (Å²) in [7, 11) is 0. The van der Waals surface area contributed by atoms with E-state index in [0.29, 0.717) is 0 Å². The number of nitrogens with one attached hydrogen (secondary N) is 1. The molecule has 13 heavy (non-hydrogen) atoms. The molecule has 3 heteroatoms. The van der Waals surface area contributed by atoms with Crippen molar-refractivity contribution in [1.29, 1.82) is 0 Å². The fourth-order valence-electron chi connectivity index (χ4n) is 1.88. The first-order valence-electron chi connectivity index (χ1n) is 5.01. The Balaban J connectivity index is 1.78. The summed E-state index contributed by atoms with van der Waals surface area (Å²) in [5.74, 6) is 0.893. The molecule has 1 saturated carbocycles. The minimum Gasteiger partial charge on any atom is -0.361 e. The third kappa shape index (κ3) is 2.44. The van der Waals surface area contributed by atoms with Crippen molar-refractivity contribution in [1.82, 2.24) is 4.98 Å². The smallest absolute Gasteiger partial charge is 0.182 e. The van der Waals surface area contributed by atoms with Crippen molar-refractivity contribution >= 4 is 16.5 Å². The van der Waals surface area contributed by atoms with Gasteiger partial charge in [0.1, 0.15) is 0 Å². The molecule has 0 spiro atoms. The van der Waals surface area contributed by atoms with Gasteiger partial charge in [0.2, 0.25) is 0 Å². The van der Waals surface area contributed by atoms with Crippen LogP contribution in [-0.4, -0.2) is 11.5 Å². The first-order valence-corrected chi connectivity index (χ1v) is 5.82. The average Bonchev–Trinajstić information content (AvgIpc) is 2.71. The van der Waals surface area contributed by atoms with E-state index in [9.17, 15) is 0 Å². The van der Waals surface area contributed by atoms with Crippen LogP contribution >= 0.6 is 11.3 Å². The molecule has 1 aromatic rings. The van der Waals surface area contributed by atoms with E-state index < -0.39 is 0 Å². The van der Waals surface area contributed by atoms with Crippen LogP contribution in [-0.2, 0) is 0 Å². The van der Waals surface area contributed by atoms with Gasteiger partial charge in [0.05, 0.1) is 0 Å². The maximum absolute atomic E-state index is 4.28. The molecule has 0 saturated heterocycles. The van der Waals surface area contributed by atoms with Gasteiger partial charge in [-0.15, -0.1) is 11.3 Å². The Bertz CT molecular complexity index is 264. The molecule has 1 aliphatic carbocycles. The van der Waals surface area contributed by atoms with E-state index in [1.54, 1.807) is 11.3 Å². The standard InChI is InChI=1S/C10H16N2S/c1-8-6-11-10(13-8)12-7-9-4-2-3-5-9/h6,9H,2-5,7H2,1H3,(H,11,12). The Morgan fingerprint density at radius 2 is 2.31 bits per heavy atom. The lowest BCUT2D eigenvalue weighted by molar-refractivity contribution is 0.579. The zero-order chi connectivity index (χ0) is 9.10. The number of aromatic nitrogens is 1. The Morgan fingerprint density at radius 1 is 1.54 bits per heavy atom. The molecule has 0 aromatic carbocycles. The fraction of sp³-hybridized carbons (Fsp3) is 0.700. The van der Waals surface area contributed by atoms with Gasteiger partial charge >= 0.3 is 0 Å². The molecule has 0 aliphatic heterocycles. The van der Waals surface area contributed by atoms with Crippen molar-refractivity contribution < 1.29 is 0 Å². The van der Waals surface area contributed by atoms with Crippen molar-refractivity contribution in [2.75, 3.05) is 11.9 Å². The van der Waals surface area contributed by atoms with Crippen LogP contribution in [0.5, 0.6) is 0 Å². The summed E-state index contributed by atoms with van der Waals surface area (Å²) in [4.78, 5) is 5.57. The third-order valence-electron chi connectivity index (χ3n) is 2.64.